The molecular formula is C30H35NO7W. The van der Waals surface area contributed by atoms with Gasteiger partial charge in [0.15, 0.2) is 0 Å². The SMILES string of the molecule is CCO[C](=[W])C(=C/N1CCOCC1)/C(=C/[C@@H](C)CCC=C(C)C)c1ccccc1.[C-]#[O+].[C-]#[O+].[C-]#[O+].[C-]#[O+].[C-]#[O+]. The summed E-state index contributed by atoms with van der Waals surface area (Å²) in [7, 11) is 0. The van der Waals surface area contributed by atoms with Gasteiger partial charge in [-0.3, -0.25) is 0 Å². The van der Waals surface area contributed by atoms with E-state index in [1.165, 1.54) is 41.6 Å². The molecule has 9 heteroatoms. The number of allylic oxidation sites excluding steroid dienone is 3. The van der Waals surface area contributed by atoms with E-state index in [9.17, 15) is 0 Å². The van der Waals surface area contributed by atoms with Gasteiger partial charge in [-0.2, -0.15) is 0 Å². The number of benzene rings is 1. The third-order valence-electron chi connectivity index (χ3n) is 4.85. The molecule has 0 aromatic heterocycles. The molecule has 1 aromatic carbocycles. The molecule has 2 rings (SSSR count). The molecule has 0 spiro atoms. The van der Waals surface area contributed by atoms with Crippen LogP contribution in [0.5, 0.6) is 0 Å². The Morgan fingerprint density at radius 2 is 1.49 bits per heavy atom. The molecule has 1 fully saturated rings. The average Bonchev–Trinajstić information content (AvgIpc) is 3.01. The van der Waals surface area contributed by atoms with Crippen LogP contribution in [0, 0.1) is 39.2 Å². The van der Waals surface area contributed by atoms with Gasteiger partial charge in [0.2, 0.25) is 0 Å². The molecule has 208 valence electrons. The molecule has 0 unspecified atom stereocenters. The molecule has 1 heterocycles. The third kappa shape index (κ3) is 22.0. The second kappa shape index (κ2) is 33.4. The molecule has 0 N–H and O–H groups in total. The van der Waals surface area contributed by atoms with E-state index in [0.29, 0.717) is 12.5 Å². The molecule has 0 aliphatic carbocycles. The fourth-order valence-electron chi connectivity index (χ4n) is 3.29. The summed E-state index contributed by atoms with van der Waals surface area (Å²) in [6, 6.07) is 10.7. The predicted molar refractivity (Wildman–Crippen MR) is 139 cm³/mol. The molecule has 0 amide bonds. The van der Waals surface area contributed by atoms with Crippen LogP contribution < -0.4 is 0 Å². The van der Waals surface area contributed by atoms with Crippen molar-refractivity contribution in [3.05, 3.63) is 98.6 Å². The van der Waals surface area contributed by atoms with E-state index in [-0.39, 0.29) is 0 Å². The molecule has 1 saturated heterocycles. The number of rotatable bonds is 10. The molecule has 0 radical (unpaired) electrons. The Bertz CT molecular complexity index is 912. The van der Waals surface area contributed by atoms with Crippen molar-refractivity contribution in [3.8, 4) is 0 Å². The Labute approximate surface area is 244 Å². The van der Waals surface area contributed by atoms with Crippen LogP contribution in [0.15, 0.2) is 59.8 Å². The van der Waals surface area contributed by atoms with Gasteiger partial charge >= 0.3 is 245 Å². The summed E-state index contributed by atoms with van der Waals surface area (Å²) in [4.78, 5) is 2.37. The van der Waals surface area contributed by atoms with Crippen molar-refractivity contribution in [1.29, 1.82) is 0 Å². The molecule has 8 nitrogen and oxygen atoms in total. The summed E-state index contributed by atoms with van der Waals surface area (Å²) in [6.45, 7) is 35.3. The standard InChI is InChI=1S/C25H35NO2.5CO.W/c1-5-27-20-24(19-26-14-16-28-17-15-26)25(23-12-7-6-8-13-23)18-22(4)11-9-10-21(2)3;5*1-2;/h6-8,10,12-13,18-19,22H,5,9,11,14-17H2,1-4H3;;;;;;/b24-19-,25-18+;;;;;;/t22-;;;;;;/m0....../s1. The number of hydrogen-bond donors (Lipinski definition) is 0. The summed E-state index contributed by atoms with van der Waals surface area (Å²) in [6.07, 6.45) is 9.32. The normalized spacial score (nSPS) is 12.5. The molecule has 1 aromatic rings. The second-order valence-electron chi connectivity index (χ2n) is 7.69. The van der Waals surface area contributed by atoms with Crippen LogP contribution in [0.3, 0.4) is 0 Å². The average molecular weight is 705 g/mol. The van der Waals surface area contributed by atoms with Gasteiger partial charge in [-0.05, 0) is 0 Å². The Hall–Kier alpha value is -2.58. The first-order valence-electron chi connectivity index (χ1n) is 11.6. The number of hydrogen-bond acceptors (Lipinski definition) is 3. The zero-order valence-electron chi connectivity index (χ0n) is 22.9. The van der Waals surface area contributed by atoms with Gasteiger partial charge in [-0.1, -0.05) is 0 Å². The zero-order valence-corrected chi connectivity index (χ0v) is 25.8. The van der Waals surface area contributed by atoms with Gasteiger partial charge in [0.1, 0.15) is 0 Å². The van der Waals surface area contributed by atoms with Crippen LogP contribution in [-0.2, 0) is 52.1 Å². The maximum atomic E-state index is 7.50. The van der Waals surface area contributed by atoms with Crippen molar-refractivity contribution in [2.75, 3.05) is 32.9 Å². The quantitative estimate of drug-likeness (QED) is 0.144. The summed E-state index contributed by atoms with van der Waals surface area (Å²) in [5.41, 5.74) is 5.13. The van der Waals surface area contributed by atoms with Crippen LogP contribution >= 0.6 is 0 Å². The van der Waals surface area contributed by atoms with Gasteiger partial charge < -0.3 is 0 Å². The van der Waals surface area contributed by atoms with Crippen LogP contribution in [-0.4, -0.2) is 41.9 Å². The molecular weight excluding hydrogens is 670 g/mol. The summed E-state index contributed by atoms with van der Waals surface area (Å²) >= 11 is 1.36. The third-order valence-corrected chi connectivity index (χ3v) is 6.07. The first kappa shape index (κ1) is 43.5. The Morgan fingerprint density at radius 3 is 1.95 bits per heavy atom. The summed E-state index contributed by atoms with van der Waals surface area (Å²) in [5, 5.41) is 0. The maximum absolute atomic E-state index is 7.50. The monoisotopic (exact) mass is 705 g/mol. The van der Waals surface area contributed by atoms with Crippen LogP contribution in [0.4, 0.5) is 0 Å². The molecule has 0 saturated carbocycles. The second-order valence-corrected chi connectivity index (χ2v) is 9.03. The number of ether oxygens (including phenoxy) is 2. The van der Waals surface area contributed by atoms with Gasteiger partial charge in [-0.25, -0.2) is 0 Å². The molecule has 1 atom stereocenters. The van der Waals surface area contributed by atoms with Crippen molar-refractivity contribution in [1.82, 2.24) is 4.90 Å². The van der Waals surface area contributed by atoms with Crippen LogP contribution in [0.2, 0.25) is 0 Å². The Morgan fingerprint density at radius 1 is 0.974 bits per heavy atom. The van der Waals surface area contributed by atoms with E-state index in [1.807, 2.05) is 0 Å². The minimum atomic E-state index is 0.485. The van der Waals surface area contributed by atoms with Crippen molar-refractivity contribution < 1.29 is 52.1 Å². The zero-order chi connectivity index (χ0) is 31.1. The van der Waals surface area contributed by atoms with Crippen LogP contribution in [0.1, 0.15) is 46.1 Å². The fourth-order valence-corrected chi connectivity index (χ4v) is 4.30. The van der Waals surface area contributed by atoms with E-state index in [2.05, 4.69) is 115 Å². The van der Waals surface area contributed by atoms with Gasteiger partial charge in [-0.15, -0.1) is 0 Å². The van der Waals surface area contributed by atoms with Gasteiger partial charge in [0, 0.05) is 0 Å². The van der Waals surface area contributed by atoms with E-state index in [1.54, 1.807) is 0 Å². The summed E-state index contributed by atoms with van der Waals surface area (Å²) in [5.74, 6) is 0.485. The Kier molecular flexibility index (Phi) is 37.3. The van der Waals surface area contributed by atoms with Crippen molar-refractivity contribution in [2.45, 2.75) is 40.5 Å². The van der Waals surface area contributed by atoms with Gasteiger partial charge in [0.25, 0.3) is 0 Å². The van der Waals surface area contributed by atoms with E-state index >= 15 is 0 Å². The number of nitrogens with zero attached hydrogens (tertiary/aromatic N) is 1. The fraction of sp³-hybridized carbons (Fsp3) is 0.400. The molecule has 1 aliphatic heterocycles. The van der Waals surface area contributed by atoms with E-state index in [4.69, 9.17) is 32.7 Å². The molecule has 1 aliphatic rings. The Balaban J connectivity index is -0.000000549. The van der Waals surface area contributed by atoms with Gasteiger partial charge in [0.05, 0.1) is 0 Å². The predicted octanol–water partition coefficient (Wildman–Crippen LogP) is 5.19. The number of morpholine rings is 1. The minimum absolute atomic E-state index is 0.485. The van der Waals surface area contributed by atoms with Crippen molar-refractivity contribution in [2.24, 2.45) is 5.92 Å². The molecule has 39 heavy (non-hydrogen) atoms. The first-order chi connectivity index (χ1) is 19.0. The van der Waals surface area contributed by atoms with E-state index in [0.717, 1.165) is 43.2 Å². The van der Waals surface area contributed by atoms with Crippen LogP contribution in [0.25, 0.3) is 5.57 Å². The summed E-state index contributed by atoms with van der Waals surface area (Å²) < 4.78 is 50.1. The topological polar surface area (TPSA) is 121 Å². The molecule has 0 bridgehead atoms. The van der Waals surface area contributed by atoms with Crippen molar-refractivity contribution >= 4 is 9.66 Å². The van der Waals surface area contributed by atoms with E-state index < -0.39 is 0 Å². The first-order valence-corrected chi connectivity index (χ1v) is 13.1. The van der Waals surface area contributed by atoms with Crippen molar-refractivity contribution in [3.63, 3.8) is 0 Å².